The van der Waals surface area contributed by atoms with Crippen LogP contribution in [0, 0.1) is 0 Å². The summed E-state index contributed by atoms with van der Waals surface area (Å²) < 4.78 is 42.8. The third-order valence-corrected chi connectivity index (χ3v) is 3.18. The number of hydrogen-bond donors (Lipinski definition) is 0. The van der Waals surface area contributed by atoms with Gasteiger partial charge in [-0.1, -0.05) is 12.1 Å². The van der Waals surface area contributed by atoms with Gasteiger partial charge in [0.15, 0.2) is 0 Å². The molecule has 1 aromatic rings. The van der Waals surface area contributed by atoms with Crippen LogP contribution in [0.3, 0.4) is 0 Å². The fourth-order valence-corrected chi connectivity index (χ4v) is 2.17. The normalized spacial score (nSPS) is 21.5. The van der Waals surface area contributed by atoms with E-state index in [0.29, 0.717) is 11.8 Å². The standard InChI is InChI=1S/C15H16F3NO3/c1-14(2,3)22-13(21)19-11(8-20)12(19)9-4-6-10(7-5-9)15(16,17)18/h4-8,11-12H,1-3H3/t11-,12-,19?/m1/s1. The number of benzene rings is 1. The van der Waals surface area contributed by atoms with E-state index in [1.165, 1.54) is 17.0 Å². The van der Waals surface area contributed by atoms with Crippen molar-refractivity contribution in [3.05, 3.63) is 35.4 Å². The second kappa shape index (κ2) is 5.30. The van der Waals surface area contributed by atoms with Gasteiger partial charge in [-0.2, -0.15) is 13.2 Å². The Morgan fingerprint density at radius 2 is 1.73 bits per heavy atom. The molecule has 0 aromatic heterocycles. The summed E-state index contributed by atoms with van der Waals surface area (Å²) in [6, 6.07) is 3.13. The molecule has 120 valence electrons. The first-order chi connectivity index (χ1) is 10.0. The Bertz CT molecular complexity index is 575. The molecule has 1 fully saturated rings. The van der Waals surface area contributed by atoms with Crippen LogP contribution >= 0.6 is 0 Å². The zero-order valence-electron chi connectivity index (χ0n) is 12.3. The summed E-state index contributed by atoms with van der Waals surface area (Å²) in [4.78, 5) is 24.2. The maximum Gasteiger partial charge on any atom is 0.416 e. The van der Waals surface area contributed by atoms with Crippen LogP contribution in [0.1, 0.15) is 37.9 Å². The van der Waals surface area contributed by atoms with E-state index in [1.807, 2.05) is 0 Å². The average Bonchev–Trinajstić information content (AvgIpc) is 3.10. The molecular weight excluding hydrogens is 299 g/mol. The van der Waals surface area contributed by atoms with Crippen molar-refractivity contribution in [1.29, 1.82) is 0 Å². The summed E-state index contributed by atoms with van der Waals surface area (Å²) in [6.45, 7) is 5.08. The zero-order valence-corrected chi connectivity index (χ0v) is 12.3. The van der Waals surface area contributed by atoms with Crippen molar-refractivity contribution in [3.63, 3.8) is 0 Å². The van der Waals surface area contributed by atoms with Crippen LogP contribution in [0.5, 0.6) is 0 Å². The third-order valence-electron chi connectivity index (χ3n) is 3.18. The maximum absolute atomic E-state index is 12.5. The monoisotopic (exact) mass is 315 g/mol. The largest absolute Gasteiger partial charge is 0.444 e. The lowest BCUT2D eigenvalue weighted by Gasteiger charge is -2.20. The molecule has 0 saturated carbocycles. The van der Waals surface area contributed by atoms with Gasteiger partial charge in [0.1, 0.15) is 17.9 Å². The van der Waals surface area contributed by atoms with Crippen molar-refractivity contribution in [2.24, 2.45) is 0 Å². The number of aldehydes is 1. The molecule has 0 bridgehead atoms. The number of ether oxygens (including phenoxy) is 1. The Morgan fingerprint density at radius 1 is 1.18 bits per heavy atom. The first-order valence-corrected chi connectivity index (χ1v) is 6.68. The highest BCUT2D eigenvalue weighted by molar-refractivity contribution is 5.81. The van der Waals surface area contributed by atoms with E-state index in [1.54, 1.807) is 20.8 Å². The molecular formula is C15H16F3NO3. The van der Waals surface area contributed by atoms with Gasteiger partial charge in [-0.15, -0.1) is 0 Å². The predicted molar refractivity (Wildman–Crippen MR) is 72.1 cm³/mol. The molecule has 0 aliphatic carbocycles. The molecule has 1 aliphatic heterocycles. The summed E-state index contributed by atoms with van der Waals surface area (Å²) in [7, 11) is 0. The Hall–Kier alpha value is -2.05. The lowest BCUT2D eigenvalue weighted by Crippen LogP contribution is -2.28. The highest BCUT2D eigenvalue weighted by Crippen LogP contribution is 2.43. The van der Waals surface area contributed by atoms with Crippen molar-refractivity contribution in [1.82, 2.24) is 4.90 Å². The second-order valence-electron chi connectivity index (χ2n) is 6.08. The lowest BCUT2D eigenvalue weighted by molar-refractivity contribution is -0.137. The van der Waals surface area contributed by atoms with Gasteiger partial charge in [-0.05, 0) is 38.5 Å². The van der Waals surface area contributed by atoms with E-state index < -0.39 is 35.5 Å². The number of alkyl halides is 3. The van der Waals surface area contributed by atoms with Crippen molar-refractivity contribution in [2.45, 2.75) is 44.6 Å². The van der Waals surface area contributed by atoms with Gasteiger partial charge in [-0.25, -0.2) is 4.79 Å². The quantitative estimate of drug-likeness (QED) is 0.619. The summed E-state index contributed by atoms with van der Waals surface area (Å²) in [6.07, 6.45) is -4.49. The minimum atomic E-state index is -4.42. The van der Waals surface area contributed by atoms with Crippen LogP contribution in [0.25, 0.3) is 0 Å². The number of carbonyl (C=O) groups excluding carboxylic acids is 2. The van der Waals surface area contributed by atoms with Crippen LogP contribution in [0.2, 0.25) is 0 Å². The fraction of sp³-hybridized carbons (Fsp3) is 0.467. The molecule has 4 nitrogen and oxygen atoms in total. The molecule has 0 spiro atoms. The lowest BCUT2D eigenvalue weighted by atomic mass is 10.1. The van der Waals surface area contributed by atoms with Crippen LogP contribution in [-0.2, 0) is 15.7 Å². The van der Waals surface area contributed by atoms with E-state index in [9.17, 15) is 22.8 Å². The van der Waals surface area contributed by atoms with Gasteiger partial charge >= 0.3 is 12.3 Å². The number of amides is 1. The van der Waals surface area contributed by atoms with Gasteiger partial charge in [0.2, 0.25) is 0 Å². The average molecular weight is 315 g/mol. The Kier molecular flexibility index (Phi) is 3.93. The predicted octanol–water partition coefficient (Wildman–Crippen LogP) is 3.56. The van der Waals surface area contributed by atoms with Gasteiger partial charge in [0, 0.05) is 0 Å². The van der Waals surface area contributed by atoms with Gasteiger partial charge in [-0.3, -0.25) is 4.90 Å². The number of hydrogen-bond acceptors (Lipinski definition) is 3. The Morgan fingerprint density at radius 3 is 2.14 bits per heavy atom. The minimum absolute atomic E-state index is 0.468. The smallest absolute Gasteiger partial charge is 0.416 e. The van der Waals surface area contributed by atoms with Crippen molar-refractivity contribution < 1.29 is 27.5 Å². The molecule has 1 aliphatic rings. The van der Waals surface area contributed by atoms with Crippen molar-refractivity contribution in [2.75, 3.05) is 0 Å². The Labute approximate surface area is 125 Å². The van der Waals surface area contributed by atoms with E-state index in [4.69, 9.17) is 4.74 Å². The summed E-state index contributed by atoms with van der Waals surface area (Å²) in [5, 5.41) is 0. The molecule has 0 N–H and O–H groups in total. The zero-order chi connectivity index (χ0) is 16.7. The first kappa shape index (κ1) is 16.3. The van der Waals surface area contributed by atoms with E-state index in [0.717, 1.165) is 12.1 Å². The van der Waals surface area contributed by atoms with Crippen molar-refractivity contribution >= 4 is 12.4 Å². The highest BCUT2D eigenvalue weighted by atomic mass is 19.4. The van der Waals surface area contributed by atoms with Crippen LogP contribution in [0.4, 0.5) is 18.0 Å². The molecule has 0 unspecified atom stereocenters. The van der Waals surface area contributed by atoms with E-state index in [2.05, 4.69) is 0 Å². The number of rotatable bonds is 2. The first-order valence-electron chi connectivity index (χ1n) is 6.68. The molecule has 2 rings (SSSR count). The van der Waals surface area contributed by atoms with Crippen LogP contribution < -0.4 is 0 Å². The number of carbonyl (C=O) groups is 2. The van der Waals surface area contributed by atoms with Gasteiger partial charge in [0.25, 0.3) is 0 Å². The fourth-order valence-electron chi connectivity index (χ4n) is 2.17. The second-order valence-corrected chi connectivity index (χ2v) is 6.08. The van der Waals surface area contributed by atoms with Crippen LogP contribution in [0.15, 0.2) is 24.3 Å². The van der Waals surface area contributed by atoms with Crippen molar-refractivity contribution in [3.8, 4) is 0 Å². The summed E-state index contributed by atoms with van der Waals surface area (Å²) in [5.74, 6) is 0. The minimum Gasteiger partial charge on any atom is -0.444 e. The maximum atomic E-state index is 12.5. The van der Waals surface area contributed by atoms with Gasteiger partial charge < -0.3 is 9.53 Å². The van der Waals surface area contributed by atoms with E-state index >= 15 is 0 Å². The Balaban J connectivity index is 2.15. The topological polar surface area (TPSA) is 46.4 Å². The molecule has 1 amide bonds. The SMILES string of the molecule is CC(C)(C)OC(=O)N1[C@H](C=O)[C@H]1c1ccc(C(F)(F)F)cc1. The van der Waals surface area contributed by atoms with E-state index in [-0.39, 0.29) is 0 Å². The number of nitrogens with zero attached hydrogens (tertiary/aromatic N) is 1. The molecule has 1 aromatic carbocycles. The molecule has 2 atom stereocenters. The third kappa shape index (κ3) is 3.40. The summed E-state index contributed by atoms with van der Waals surface area (Å²) >= 11 is 0. The van der Waals surface area contributed by atoms with Crippen LogP contribution in [-0.4, -0.2) is 28.9 Å². The molecule has 0 radical (unpaired) electrons. The molecule has 1 heterocycles. The molecule has 7 heteroatoms. The number of halogens is 3. The molecule has 1 saturated heterocycles. The van der Waals surface area contributed by atoms with Gasteiger partial charge in [0.05, 0.1) is 11.6 Å². The molecule has 22 heavy (non-hydrogen) atoms. The highest BCUT2D eigenvalue weighted by Gasteiger charge is 2.53. The summed E-state index contributed by atoms with van der Waals surface area (Å²) in [5.41, 5.74) is -1.02.